The summed E-state index contributed by atoms with van der Waals surface area (Å²) in [6, 6.07) is 0. The van der Waals surface area contributed by atoms with E-state index in [1.54, 1.807) is 0 Å². The monoisotopic (exact) mass is 239 g/mol. The van der Waals surface area contributed by atoms with Crippen molar-refractivity contribution in [3.63, 3.8) is 0 Å². The Balaban J connectivity index is 1.99. The summed E-state index contributed by atoms with van der Waals surface area (Å²) in [6.45, 7) is 4.14. The molecule has 1 saturated carbocycles. The third-order valence-electron chi connectivity index (χ3n) is 3.91. The van der Waals surface area contributed by atoms with Gasteiger partial charge in [-0.2, -0.15) is 0 Å². The van der Waals surface area contributed by atoms with E-state index in [1.807, 2.05) is 13.8 Å². The molecule has 2 aliphatic rings. The lowest BCUT2D eigenvalue weighted by molar-refractivity contribution is -0.142. The van der Waals surface area contributed by atoms with E-state index in [9.17, 15) is 14.7 Å². The average molecular weight is 239 g/mol. The number of hydrogen-bond donors (Lipinski definition) is 1. The predicted molar refractivity (Wildman–Crippen MR) is 63.1 cm³/mol. The average Bonchev–Trinajstić information content (AvgIpc) is 2.41. The Kier molecular flexibility index (Phi) is 3.25. The molecule has 0 aromatic rings. The van der Waals surface area contributed by atoms with Crippen LogP contribution in [0.1, 0.15) is 46.0 Å². The highest BCUT2D eigenvalue weighted by molar-refractivity contribution is 6.05. The van der Waals surface area contributed by atoms with Crippen molar-refractivity contribution < 1.29 is 14.7 Å². The van der Waals surface area contributed by atoms with E-state index in [2.05, 4.69) is 0 Å². The summed E-state index contributed by atoms with van der Waals surface area (Å²) in [7, 11) is 0. The Morgan fingerprint density at radius 1 is 1.35 bits per heavy atom. The van der Waals surface area contributed by atoms with Crippen LogP contribution in [-0.4, -0.2) is 34.5 Å². The SMILES string of the molecule is CC1(C)CC(=O)N(CC2CCCC(O)C2)C1=O. The largest absolute Gasteiger partial charge is 0.393 e. The van der Waals surface area contributed by atoms with Crippen molar-refractivity contribution >= 4 is 11.8 Å². The van der Waals surface area contributed by atoms with E-state index < -0.39 is 5.41 Å². The van der Waals surface area contributed by atoms with Gasteiger partial charge in [-0.1, -0.05) is 20.3 Å². The molecule has 0 bridgehead atoms. The molecule has 4 nitrogen and oxygen atoms in total. The van der Waals surface area contributed by atoms with Crippen LogP contribution in [0.4, 0.5) is 0 Å². The molecule has 1 saturated heterocycles. The molecule has 4 heteroatoms. The number of hydrogen-bond acceptors (Lipinski definition) is 3. The lowest BCUT2D eigenvalue weighted by Gasteiger charge is -2.29. The van der Waals surface area contributed by atoms with Gasteiger partial charge in [-0.05, 0) is 25.2 Å². The number of imide groups is 1. The number of nitrogens with zero attached hydrogens (tertiary/aromatic N) is 1. The number of aliphatic hydroxyl groups excluding tert-OH is 1. The van der Waals surface area contributed by atoms with Crippen LogP contribution >= 0.6 is 0 Å². The molecule has 0 spiro atoms. The first kappa shape index (κ1) is 12.6. The van der Waals surface area contributed by atoms with Gasteiger partial charge in [-0.3, -0.25) is 14.5 Å². The zero-order chi connectivity index (χ0) is 12.6. The zero-order valence-electron chi connectivity index (χ0n) is 10.6. The topological polar surface area (TPSA) is 57.6 Å². The van der Waals surface area contributed by atoms with E-state index >= 15 is 0 Å². The minimum Gasteiger partial charge on any atom is -0.393 e. The van der Waals surface area contributed by atoms with Gasteiger partial charge in [0, 0.05) is 13.0 Å². The maximum atomic E-state index is 12.0. The standard InChI is InChI=1S/C13H21NO3/c1-13(2)7-11(16)14(12(13)17)8-9-4-3-5-10(15)6-9/h9-10,15H,3-8H2,1-2H3. The van der Waals surface area contributed by atoms with Gasteiger partial charge in [-0.25, -0.2) is 0 Å². The van der Waals surface area contributed by atoms with E-state index in [1.165, 1.54) is 4.90 Å². The molecule has 2 atom stereocenters. The van der Waals surface area contributed by atoms with Crippen LogP contribution in [0, 0.1) is 11.3 Å². The number of rotatable bonds is 2. The van der Waals surface area contributed by atoms with Gasteiger partial charge in [0.15, 0.2) is 0 Å². The molecular formula is C13H21NO3. The van der Waals surface area contributed by atoms with Crippen LogP contribution in [0.25, 0.3) is 0 Å². The Hall–Kier alpha value is -0.900. The van der Waals surface area contributed by atoms with Gasteiger partial charge in [0.2, 0.25) is 11.8 Å². The molecule has 0 aromatic heterocycles. The van der Waals surface area contributed by atoms with Gasteiger partial charge >= 0.3 is 0 Å². The summed E-state index contributed by atoms with van der Waals surface area (Å²) in [5.41, 5.74) is -0.537. The molecule has 0 aromatic carbocycles. The molecule has 17 heavy (non-hydrogen) atoms. The van der Waals surface area contributed by atoms with Crippen molar-refractivity contribution in [3.05, 3.63) is 0 Å². The molecule has 1 heterocycles. The first-order valence-corrected chi connectivity index (χ1v) is 6.43. The molecule has 2 amide bonds. The first-order chi connectivity index (χ1) is 7.90. The highest BCUT2D eigenvalue weighted by Gasteiger charge is 2.45. The quantitative estimate of drug-likeness (QED) is 0.739. The van der Waals surface area contributed by atoms with Gasteiger partial charge in [0.05, 0.1) is 11.5 Å². The smallest absolute Gasteiger partial charge is 0.235 e. The fraction of sp³-hybridized carbons (Fsp3) is 0.846. The van der Waals surface area contributed by atoms with Crippen molar-refractivity contribution in [3.8, 4) is 0 Å². The maximum Gasteiger partial charge on any atom is 0.235 e. The van der Waals surface area contributed by atoms with Crippen LogP contribution < -0.4 is 0 Å². The van der Waals surface area contributed by atoms with Gasteiger partial charge in [0.25, 0.3) is 0 Å². The second kappa shape index (κ2) is 4.41. The Bertz CT molecular complexity index is 338. The molecule has 2 unspecified atom stereocenters. The normalized spacial score (nSPS) is 33.2. The van der Waals surface area contributed by atoms with E-state index in [4.69, 9.17) is 0 Å². The van der Waals surface area contributed by atoms with E-state index in [0.29, 0.717) is 13.0 Å². The Morgan fingerprint density at radius 2 is 2.06 bits per heavy atom. The van der Waals surface area contributed by atoms with Crippen LogP contribution in [-0.2, 0) is 9.59 Å². The second-order valence-electron chi connectivity index (χ2n) is 6.06. The van der Waals surface area contributed by atoms with Crippen molar-refractivity contribution in [2.75, 3.05) is 6.54 Å². The fourth-order valence-corrected chi connectivity index (χ4v) is 2.90. The van der Waals surface area contributed by atoms with E-state index in [-0.39, 0.29) is 23.8 Å². The molecule has 2 fully saturated rings. The molecule has 1 aliphatic carbocycles. The lowest BCUT2D eigenvalue weighted by atomic mass is 9.87. The van der Waals surface area contributed by atoms with E-state index in [0.717, 1.165) is 25.7 Å². The Labute approximate surface area is 102 Å². The third kappa shape index (κ3) is 2.51. The van der Waals surface area contributed by atoms with Gasteiger partial charge in [0.1, 0.15) is 0 Å². The van der Waals surface area contributed by atoms with Crippen LogP contribution in [0.5, 0.6) is 0 Å². The van der Waals surface area contributed by atoms with Gasteiger partial charge in [-0.15, -0.1) is 0 Å². The Morgan fingerprint density at radius 3 is 2.59 bits per heavy atom. The summed E-state index contributed by atoms with van der Waals surface area (Å²) >= 11 is 0. The number of aliphatic hydroxyl groups is 1. The molecule has 0 radical (unpaired) electrons. The highest BCUT2D eigenvalue weighted by Crippen LogP contribution is 2.34. The van der Waals surface area contributed by atoms with Crippen molar-refractivity contribution in [2.45, 2.75) is 52.1 Å². The second-order valence-corrected chi connectivity index (χ2v) is 6.06. The summed E-state index contributed by atoms with van der Waals surface area (Å²) in [5.74, 6) is 0.170. The summed E-state index contributed by atoms with van der Waals surface area (Å²) in [6.07, 6.45) is 3.64. The minimum atomic E-state index is -0.537. The van der Waals surface area contributed by atoms with Crippen molar-refractivity contribution in [2.24, 2.45) is 11.3 Å². The molecule has 1 N–H and O–H groups in total. The predicted octanol–water partition coefficient (Wildman–Crippen LogP) is 1.32. The van der Waals surface area contributed by atoms with Crippen molar-refractivity contribution in [1.29, 1.82) is 0 Å². The molecular weight excluding hydrogens is 218 g/mol. The maximum absolute atomic E-state index is 12.0. The summed E-state index contributed by atoms with van der Waals surface area (Å²) in [5, 5.41) is 9.60. The van der Waals surface area contributed by atoms with Gasteiger partial charge < -0.3 is 5.11 Å². The summed E-state index contributed by atoms with van der Waals surface area (Å²) < 4.78 is 0. The zero-order valence-corrected chi connectivity index (χ0v) is 10.6. The number of carbonyl (C=O) groups excluding carboxylic acids is 2. The molecule has 1 aliphatic heterocycles. The van der Waals surface area contributed by atoms with Crippen LogP contribution in [0.15, 0.2) is 0 Å². The highest BCUT2D eigenvalue weighted by atomic mass is 16.3. The number of likely N-dealkylation sites (tertiary alicyclic amines) is 1. The number of carbonyl (C=O) groups is 2. The van der Waals surface area contributed by atoms with Crippen LogP contribution in [0.3, 0.4) is 0 Å². The fourth-order valence-electron chi connectivity index (χ4n) is 2.90. The van der Waals surface area contributed by atoms with Crippen LogP contribution in [0.2, 0.25) is 0 Å². The molecule has 96 valence electrons. The molecule has 2 rings (SSSR count). The lowest BCUT2D eigenvalue weighted by Crippen LogP contribution is -2.38. The minimum absolute atomic E-state index is 0.0532. The number of amides is 2. The third-order valence-corrected chi connectivity index (χ3v) is 3.91. The van der Waals surface area contributed by atoms with Crippen molar-refractivity contribution in [1.82, 2.24) is 4.90 Å². The summed E-state index contributed by atoms with van der Waals surface area (Å²) in [4.78, 5) is 25.2. The first-order valence-electron chi connectivity index (χ1n) is 6.43.